The second-order valence-corrected chi connectivity index (χ2v) is 7.89. The Kier molecular flexibility index (Phi) is 4.28. The summed E-state index contributed by atoms with van der Waals surface area (Å²) in [4.78, 5) is 11.7. The summed E-state index contributed by atoms with van der Waals surface area (Å²) in [5.41, 5.74) is 4.45. The summed E-state index contributed by atoms with van der Waals surface area (Å²) in [7, 11) is 0. The van der Waals surface area contributed by atoms with Crippen LogP contribution in [0.2, 0.25) is 5.02 Å². The highest BCUT2D eigenvalue weighted by molar-refractivity contribution is 6.33. The highest BCUT2D eigenvalue weighted by Gasteiger charge is 2.40. The van der Waals surface area contributed by atoms with Gasteiger partial charge in [0.05, 0.1) is 22.3 Å². The summed E-state index contributed by atoms with van der Waals surface area (Å²) < 4.78 is 0. The smallest absolute Gasteiger partial charge is 0.336 e. The molecule has 0 saturated carbocycles. The number of benzene rings is 2. The molecule has 3 unspecified atom stereocenters. The van der Waals surface area contributed by atoms with Crippen LogP contribution in [-0.4, -0.2) is 11.1 Å². The molecule has 134 valence electrons. The molecule has 0 amide bonds. The molecule has 2 N–H and O–H groups in total. The molecule has 0 radical (unpaired) electrons. The normalized spacial score (nSPS) is 23.5. The largest absolute Gasteiger partial charge is 0.478 e. The van der Waals surface area contributed by atoms with Crippen molar-refractivity contribution in [3.63, 3.8) is 0 Å². The van der Waals surface area contributed by atoms with Crippen LogP contribution in [0.5, 0.6) is 0 Å². The first-order chi connectivity index (χ1) is 12.5. The Morgan fingerprint density at radius 3 is 2.58 bits per heavy atom. The average Bonchev–Trinajstić information content (AvgIpc) is 3.11. The third-order valence-corrected chi connectivity index (χ3v) is 5.98. The standard InChI is InChI=1S/C22H22ClNO2/c1-12(2)13-6-8-14(9-7-13)20-16-5-3-4-15(16)19-17(22(25)26)10-11-18(23)21(19)24-20/h3-4,6-12,15-16,20,24H,5H2,1-2H3,(H,25,26). The number of halogens is 1. The minimum absolute atomic E-state index is 0.0748. The van der Waals surface area contributed by atoms with Gasteiger partial charge < -0.3 is 10.4 Å². The quantitative estimate of drug-likeness (QED) is 0.655. The van der Waals surface area contributed by atoms with Gasteiger partial charge in [-0.05, 0) is 47.1 Å². The lowest BCUT2D eigenvalue weighted by Crippen LogP contribution is -2.30. The van der Waals surface area contributed by atoms with Crippen LogP contribution in [0.1, 0.15) is 65.2 Å². The maximum atomic E-state index is 11.7. The van der Waals surface area contributed by atoms with Crippen molar-refractivity contribution in [1.29, 1.82) is 0 Å². The Balaban J connectivity index is 1.80. The molecule has 0 fully saturated rings. The van der Waals surface area contributed by atoms with E-state index in [4.69, 9.17) is 11.6 Å². The lowest BCUT2D eigenvalue weighted by molar-refractivity contribution is 0.0695. The van der Waals surface area contributed by atoms with Crippen LogP contribution in [0.25, 0.3) is 0 Å². The first-order valence-corrected chi connectivity index (χ1v) is 9.44. The van der Waals surface area contributed by atoms with Gasteiger partial charge >= 0.3 is 5.97 Å². The molecule has 4 heteroatoms. The van der Waals surface area contributed by atoms with E-state index >= 15 is 0 Å². The van der Waals surface area contributed by atoms with Crippen molar-refractivity contribution in [1.82, 2.24) is 0 Å². The van der Waals surface area contributed by atoms with Crippen LogP contribution in [-0.2, 0) is 0 Å². The molecular formula is C22H22ClNO2. The van der Waals surface area contributed by atoms with Crippen LogP contribution in [0.15, 0.2) is 48.6 Å². The number of carbonyl (C=O) groups is 1. The summed E-state index contributed by atoms with van der Waals surface area (Å²) in [5.74, 6) is -0.0362. The molecule has 2 aromatic rings. The molecule has 2 aromatic carbocycles. The number of carboxylic acid groups (broad SMARTS) is 1. The van der Waals surface area contributed by atoms with E-state index in [2.05, 4.69) is 55.6 Å². The van der Waals surface area contributed by atoms with Crippen molar-refractivity contribution in [2.75, 3.05) is 5.32 Å². The Morgan fingerprint density at radius 2 is 1.92 bits per heavy atom. The number of hydrogen-bond donors (Lipinski definition) is 2. The maximum Gasteiger partial charge on any atom is 0.336 e. The second-order valence-electron chi connectivity index (χ2n) is 7.49. The topological polar surface area (TPSA) is 49.3 Å². The van der Waals surface area contributed by atoms with Gasteiger partial charge in [0.15, 0.2) is 0 Å². The molecule has 0 spiro atoms. The van der Waals surface area contributed by atoms with E-state index in [0.717, 1.165) is 17.7 Å². The third kappa shape index (κ3) is 2.71. The number of anilines is 1. The molecule has 4 rings (SSSR count). The fourth-order valence-electron chi connectivity index (χ4n) is 4.28. The number of rotatable bonds is 3. The van der Waals surface area contributed by atoms with E-state index in [0.29, 0.717) is 22.4 Å². The number of hydrogen-bond acceptors (Lipinski definition) is 2. The molecule has 2 aliphatic rings. The van der Waals surface area contributed by atoms with E-state index in [-0.39, 0.29) is 12.0 Å². The lowest BCUT2D eigenvalue weighted by atomic mass is 9.75. The lowest BCUT2D eigenvalue weighted by Gasteiger charge is -2.38. The number of carboxylic acids is 1. The number of allylic oxidation sites excluding steroid dienone is 2. The van der Waals surface area contributed by atoms with Crippen molar-refractivity contribution < 1.29 is 9.90 Å². The first-order valence-electron chi connectivity index (χ1n) is 9.06. The highest BCUT2D eigenvalue weighted by atomic mass is 35.5. The summed E-state index contributed by atoms with van der Waals surface area (Å²) in [6, 6.07) is 12.1. The molecule has 0 saturated heterocycles. The minimum atomic E-state index is -0.904. The van der Waals surface area contributed by atoms with E-state index in [1.54, 1.807) is 12.1 Å². The van der Waals surface area contributed by atoms with Crippen molar-refractivity contribution in [2.45, 2.75) is 38.1 Å². The number of nitrogens with one attached hydrogen (secondary N) is 1. The van der Waals surface area contributed by atoms with E-state index < -0.39 is 5.97 Å². The van der Waals surface area contributed by atoms with E-state index in [9.17, 15) is 9.90 Å². The summed E-state index contributed by atoms with van der Waals surface area (Å²) in [6.07, 6.45) is 5.23. The highest BCUT2D eigenvalue weighted by Crippen LogP contribution is 2.52. The predicted molar refractivity (Wildman–Crippen MR) is 105 cm³/mol. The van der Waals surface area contributed by atoms with Gasteiger partial charge in [0.25, 0.3) is 0 Å². The zero-order chi connectivity index (χ0) is 18.4. The minimum Gasteiger partial charge on any atom is -0.478 e. The van der Waals surface area contributed by atoms with E-state index in [1.807, 2.05) is 0 Å². The molecule has 0 bridgehead atoms. The average molecular weight is 368 g/mol. The number of fused-ring (bicyclic) bond motifs is 3. The fraction of sp³-hybridized carbons (Fsp3) is 0.318. The summed E-state index contributed by atoms with van der Waals surface area (Å²) >= 11 is 6.45. The maximum absolute atomic E-state index is 11.7. The van der Waals surface area contributed by atoms with Crippen LogP contribution in [0.4, 0.5) is 5.69 Å². The van der Waals surface area contributed by atoms with Crippen molar-refractivity contribution in [3.05, 3.63) is 75.8 Å². The summed E-state index contributed by atoms with van der Waals surface area (Å²) in [6.45, 7) is 4.38. The molecular weight excluding hydrogens is 346 g/mol. The van der Waals surface area contributed by atoms with Gasteiger partial charge in [-0.15, -0.1) is 0 Å². The fourth-order valence-corrected chi connectivity index (χ4v) is 4.50. The SMILES string of the molecule is CC(C)c1ccc(C2Nc3c(Cl)ccc(C(=O)O)c3C3C=CCC32)cc1. The molecule has 1 aliphatic heterocycles. The number of aromatic carboxylic acids is 1. The predicted octanol–water partition coefficient (Wildman–Crippen LogP) is 5.99. The molecule has 1 heterocycles. The van der Waals surface area contributed by atoms with Crippen LogP contribution < -0.4 is 5.32 Å². The van der Waals surface area contributed by atoms with Gasteiger partial charge in [-0.25, -0.2) is 4.79 Å². The van der Waals surface area contributed by atoms with Gasteiger partial charge in [0.2, 0.25) is 0 Å². The van der Waals surface area contributed by atoms with Gasteiger partial charge in [-0.1, -0.05) is 61.9 Å². The molecule has 0 aromatic heterocycles. The molecule has 1 aliphatic carbocycles. The second kappa shape index (κ2) is 6.48. The van der Waals surface area contributed by atoms with Crippen LogP contribution >= 0.6 is 11.6 Å². The zero-order valence-electron chi connectivity index (χ0n) is 14.9. The molecule has 26 heavy (non-hydrogen) atoms. The van der Waals surface area contributed by atoms with Gasteiger partial charge in [-0.2, -0.15) is 0 Å². The van der Waals surface area contributed by atoms with Gasteiger partial charge in [0, 0.05) is 5.92 Å². The van der Waals surface area contributed by atoms with E-state index in [1.165, 1.54) is 11.1 Å². The Bertz CT molecular complexity index is 886. The monoisotopic (exact) mass is 367 g/mol. The van der Waals surface area contributed by atoms with Gasteiger partial charge in [-0.3, -0.25) is 0 Å². The van der Waals surface area contributed by atoms with Gasteiger partial charge in [0.1, 0.15) is 0 Å². The Labute approximate surface area is 158 Å². The van der Waals surface area contributed by atoms with Crippen molar-refractivity contribution >= 4 is 23.3 Å². The Hall–Kier alpha value is -2.26. The van der Waals surface area contributed by atoms with Crippen molar-refractivity contribution in [2.24, 2.45) is 5.92 Å². The Morgan fingerprint density at radius 1 is 1.19 bits per heavy atom. The molecule has 3 atom stereocenters. The molecule has 3 nitrogen and oxygen atoms in total. The van der Waals surface area contributed by atoms with Crippen LogP contribution in [0.3, 0.4) is 0 Å². The first kappa shape index (κ1) is 17.2. The van der Waals surface area contributed by atoms with Crippen molar-refractivity contribution in [3.8, 4) is 0 Å². The van der Waals surface area contributed by atoms with Crippen LogP contribution in [0, 0.1) is 5.92 Å². The summed E-state index contributed by atoms with van der Waals surface area (Å²) in [5, 5.41) is 13.8. The third-order valence-electron chi connectivity index (χ3n) is 5.66. The zero-order valence-corrected chi connectivity index (χ0v) is 15.6.